The molecule has 0 radical (unpaired) electrons. The molecule has 6 nitrogen and oxygen atoms in total. The number of hydrogen-bond acceptors (Lipinski definition) is 6. The third kappa shape index (κ3) is 4.78. The molecule has 2 aliphatic rings. The molecule has 1 unspecified atom stereocenters. The van der Waals surface area contributed by atoms with Gasteiger partial charge in [-0.05, 0) is 25.7 Å². The van der Waals surface area contributed by atoms with Crippen LogP contribution in [0.4, 0.5) is 11.8 Å². The minimum atomic E-state index is 0.747. The highest BCUT2D eigenvalue weighted by molar-refractivity contribution is 5.45. The Labute approximate surface area is 139 Å². The first-order chi connectivity index (χ1) is 11.2. The lowest BCUT2D eigenvalue weighted by molar-refractivity contribution is 0.0398. The number of ether oxygens (including phenoxy) is 1. The van der Waals surface area contributed by atoms with Crippen molar-refractivity contribution in [3.63, 3.8) is 0 Å². The summed E-state index contributed by atoms with van der Waals surface area (Å²) in [6.45, 7) is 12.2. The molecule has 0 aromatic carbocycles. The van der Waals surface area contributed by atoms with Gasteiger partial charge < -0.3 is 15.0 Å². The zero-order valence-corrected chi connectivity index (χ0v) is 14.4. The normalized spacial score (nSPS) is 23.0. The van der Waals surface area contributed by atoms with Crippen LogP contribution in [0.2, 0.25) is 0 Å². The molecule has 1 aromatic heterocycles. The lowest BCUT2D eigenvalue weighted by atomic mass is 10.0. The van der Waals surface area contributed by atoms with Crippen molar-refractivity contribution < 1.29 is 4.74 Å². The van der Waals surface area contributed by atoms with Gasteiger partial charge in [-0.25, -0.2) is 4.98 Å². The maximum absolute atomic E-state index is 5.38. The molecule has 1 atom stereocenters. The fourth-order valence-corrected chi connectivity index (χ4v) is 3.34. The van der Waals surface area contributed by atoms with Crippen molar-refractivity contribution in [2.45, 2.75) is 26.7 Å². The van der Waals surface area contributed by atoms with Gasteiger partial charge in [0.15, 0.2) is 0 Å². The second-order valence-corrected chi connectivity index (χ2v) is 6.77. The summed E-state index contributed by atoms with van der Waals surface area (Å²) in [5.74, 6) is 2.57. The summed E-state index contributed by atoms with van der Waals surface area (Å²) in [5, 5.41) is 3.39. The molecular weight excluding hydrogens is 290 g/mol. The van der Waals surface area contributed by atoms with E-state index < -0.39 is 0 Å². The average molecular weight is 319 g/mol. The van der Waals surface area contributed by atoms with E-state index in [1.807, 2.05) is 6.92 Å². The predicted molar refractivity (Wildman–Crippen MR) is 93.1 cm³/mol. The standard InChI is InChI=1S/C17H29N5O/c1-14-4-3-6-22(13-14)16-12-15(2)19-17(20-16)18-5-7-21-8-10-23-11-9-21/h12,14H,3-11,13H2,1-2H3,(H,18,19,20). The molecule has 2 aliphatic heterocycles. The smallest absolute Gasteiger partial charge is 0.224 e. The molecule has 0 spiro atoms. The Kier molecular flexibility index (Phi) is 5.67. The van der Waals surface area contributed by atoms with E-state index in [9.17, 15) is 0 Å². The summed E-state index contributed by atoms with van der Waals surface area (Å²) >= 11 is 0. The second kappa shape index (κ2) is 7.93. The molecule has 0 aliphatic carbocycles. The Bertz CT molecular complexity index is 504. The van der Waals surface area contributed by atoms with Gasteiger partial charge in [-0.2, -0.15) is 4.98 Å². The Morgan fingerprint density at radius 2 is 2.09 bits per heavy atom. The van der Waals surface area contributed by atoms with Crippen LogP contribution in [0.25, 0.3) is 0 Å². The summed E-state index contributed by atoms with van der Waals surface area (Å²) in [5.41, 5.74) is 1.03. The van der Waals surface area contributed by atoms with Gasteiger partial charge in [0.05, 0.1) is 13.2 Å². The quantitative estimate of drug-likeness (QED) is 0.893. The number of aryl methyl sites for hydroxylation is 1. The fourth-order valence-electron chi connectivity index (χ4n) is 3.34. The van der Waals surface area contributed by atoms with Crippen LogP contribution >= 0.6 is 0 Å². The molecular formula is C17H29N5O. The van der Waals surface area contributed by atoms with Crippen LogP contribution in [-0.4, -0.2) is 67.4 Å². The maximum Gasteiger partial charge on any atom is 0.224 e. The minimum absolute atomic E-state index is 0.747. The van der Waals surface area contributed by atoms with Gasteiger partial charge in [0, 0.05) is 51.0 Å². The minimum Gasteiger partial charge on any atom is -0.379 e. The largest absolute Gasteiger partial charge is 0.379 e. The number of morpholine rings is 1. The Hall–Kier alpha value is -1.40. The predicted octanol–water partition coefficient (Wildman–Crippen LogP) is 1.77. The van der Waals surface area contributed by atoms with E-state index in [-0.39, 0.29) is 0 Å². The number of aromatic nitrogens is 2. The number of piperidine rings is 1. The lowest BCUT2D eigenvalue weighted by Crippen LogP contribution is -2.39. The van der Waals surface area contributed by atoms with Crippen molar-refractivity contribution in [2.75, 3.05) is 62.7 Å². The molecule has 1 aromatic rings. The highest BCUT2D eigenvalue weighted by Crippen LogP contribution is 2.22. The number of anilines is 2. The molecule has 2 fully saturated rings. The zero-order valence-electron chi connectivity index (χ0n) is 14.4. The van der Waals surface area contributed by atoms with Gasteiger partial charge in [-0.3, -0.25) is 4.90 Å². The van der Waals surface area contributed by atoms with Gasteiger partial charge >= 0.3 is 0 Å². The molecule has 1 N–H and O–H groups in total. The molecule has 128 valence electrons. The number of rotatable bonds is 5. The van der Waals surface area contributed by atoms with Crippen LogP contribution in [0.1, 0.15) is 25.5 Å². The Morgan fingerprint density at radius 3 is 2.87 bits per heavy atom. The Morgan fingerprint density at radius 1 is 1.26 bits per heavy atom. The number of hydrogen-bond donors (Lipinski definition) is 1. The second-order valence-electron chi connectivity index (χ2n) is 6.77. The van der Waals surface area contributed by atoms with E-state index in [2.05, 4.69) is 33.1 Å². The maximum atomic E-state index is 5.38. The average Bonchev–Trinajstić information content (AvgIpc) is 2.55. The number of nitrogens with one attached hydrogen (secondary N) is 1. The molecule has 0 bridgehead atoms. The summed E-state index contributed by atoms with van der Waals surface area (Å²) < 4.78 is 5.38. The topological polar surface area (TPSA) is 53.5 Å². The Balaban J connectivity index is 1.56. The van der Waals surface area contributed by atoms with Crippen molar-refractivity contribution in [1.82, 2.24) is 14.9 Å². The summed E-state index contributed by atoms with van der Waals surface area (Å²) in [4.78, 5) is 14.1. The highest BCUT2D eigenvalue weighted by atomic mass is 16.5. The summed E-state index contributed by atoms with van der Waals surface area (Å²) in [7, 11) is 0. The first-order valence-corrected chi connectivity index (χ1v) is 8.85. The molecule has 23 heavy (non-hydrogen) atoms. The van der Waals surface area contributed by atoms with Gasteiger partial charge in [-0.1, -0.05) is 6.92 Å². The van der Waals surface area contributed by atoms with Crippen LogP contribution < -0.4 is 10.2 Å². The summed E-state index contributed by atoms with van der Waals surface area (Å²) in [6.07, 6.45) is 2.58. The van der Waals surface area contributed by atoms with Crippen LogP contribution in [-0.2, 0) is 4.74 Å². The van der Waals surface area contributed by atoms with Crippen LogP contribution in [0.5, 0.6) is 0 Å². The van der Waals surface area contributed by atoms with Gasteiger partial charge in [-0.15, -0.1) is 0 Å². The van der Waals surface area contributed by atoms with E-state index in [4.69, 9.17) is 9.72 Å². The van der Waals surface area contributed by atoms with Crippen molar-refractivity contribution in [1.29, 1.82) is 0 Å². The van der Waals surface area contributed by atoms with Gasteiger partial charge in [0.2, 0.25) is 5.95 Å². The van der Waals surface area contributed by atoms with Gasteiger partial charge in [0.25, 0.3) is 0 Å². The lowest BCUT2D eigenvalue weighted by Gasteiger charge is -2.32. The van der Waals surface area contributed by atoms with Crippen molar-refractivity contribution in [3.8, 4) is 0 Å². The summed E-state index contributed by atoms with van der Waals surface area (Å²) in [6, 6.07) is 2.10. The number of nitrogens with zero attached hydrogens (tertiary/aromatic N) is 4. The SMILES string of the molecule is Cc1cc(N2CCCC(C)C2)nc(NCCN2CCOCC2)n1. The van der Waals surface area contributed by atoms with Crippen LogP contribution in [0.15, 0.2) is 6.07 Å². The van der Waals surface area contributed by atoms with E-state index >= 15 is 0 Å². The molecule has 6 heteroatoms. The molecule has 2 saturated heterocycles. The van der Waals surface area contributed by atoms with Crippen LogP contribution in [0, 0.1) is 12.8 Å². The first kappa shape index (κ1) is 16.5. The van der Waals surface area contributed by atoms with E-state index in [0.29, 0.717) is 0 Å². The third-order valence-electron chi connectivity index (χ3n) is 4.64. The fraction of sp³-hybridized carbons (Fsp3) is 0.765. The van der Waals surface area contributed by atoms with E-state index in [1.54, 1.807) is 0 Å². The van der Waals surface area contributed by atoms with E-state index in [0.717, 1.165) is 75.9 Å². The molecule has 3 rings (SSSR count). The molecule has 0 amide bonds. The van der Waals surface area contributed by atoms with Gasteiger partial charge in [0.1, 0.15) is 5.82 Å². The molecule has 0 saturated carbocycles. The zero-order chi connectivity index (χ0) is 16.1. The first-order valence-electron chi connectivity index (χ1n) is 8.85. The monoisotopic (exact) mass is 319 g/mol. The van der Waals surface area contributed by atoms with Crippen LogP contribution in [0.3, 0.4) is 0 Å². The molecule has 3 heterocycles. The van der Waals surface area contributed by atoms with E-state index in [1.165, 1.54) is 12.8 Å². The third-order valence-corrected chi connectivity index (χ3v) is 4.64. The highest BCUT2D eigenvalue weighted by Gasteiger charge is 2.18. The van der Waals surface area contributed by atoms with Crippen molar-refractivity contribution in [2.24, 2.45) is 5.92 Å². The van der Waals surface area contributed by atoms with Crippen molar-refractivity contribution >= 4 is 11.8 Å². The van der Waals surface area contributed by atoms with Crippen molar-refractivity contribution in [3.05, 3.63) is 11.8 Å².